The van der Waals surface area contributed by atoms with E-state index in [0.29, 0.717) is 5.88 Å². The molecule has 5 nitrogen and oxygen atoms in total. The lowest BCUT2D eigenvalue weighted by Crippen LogP contribution is -2.14. The number of aromatic nitrogens is 1. The van der Waals surface area contributed by atoms with E-state index in [9.17, 15) is 4.79 Å². The van der Waals surface area contributed by atoms with Crippen molar-refractivity contribution in [3.63, 3.8) is 0 Å². The average molecular weight is 257 g/mol. The number of anilines is 1. The second kappa shape index (κ2) is 5.39. The summed E-state index contributed by atoms with van der Waals surface area (Å²) in [6, 6.07) is 11.2. The van der Waals surface area contributed by atoms with Crippen LogP contribution in [0.3, 0.4) is 0 Å². The minimum atomic E-state index is -0.600. The fourth-order valence-electron chi connectivity index (χ4n) is 1.70. The van der Waals surface area contributed by atoms with Crippen molar-refractivity contribution >= 4 is 11.6 Å². The summed E-state index contributed by atoms with van der Waals surface area (Å²) < 4.78 is 5.67. The number of benzene rings is 1. The molecule has 2 rings (SSSR count). The maximum absolute atomic E-state index is 11.2. The van der Waals surface area contributed by atoms with Crippen molar-refractivity contribution in [2.75, 3.05) is 5.73 Å². The molecule has 0 saturated heterocycles. The van der Waals surface area contributed by atoms with E-state index in [4.69, 9.17) is 16.2 Å². The van der Waals surface area contributed by atoms with Crippen LogP contribution in [0, 0.1) is 0 Å². The normalized spacial score (nSPS) is 11.8. The topological polar surface area (TPSA) is 91.2 Å². The van der Waals surface area contributed by atoms with Crippen LogP contribution in [0.5, 0.6) is 5.88 Å². The lowest BCUT2D eigenvalue weighted by Gasteiger charge is -2.14. The molecule has 19 heavy (non-hydrogen) atoms. The quantitative estimate of drug-likeness (QED) is 0.875. The zero-order valence-corrected chi connectivity index (χ0v) is 10.5. The van der Waals surface area contributed by atoms with E-state index < -0.39 is 5.91 Å². The van der Waals surface area contributed by atoms with E-state index >= 15 is 0 Å². The first-order chi connectivity index (χ1) is 9.08. The average Bonchev–Trinajstić information content (AvgIpc) is 2.41. The molecule has 0 saturated carbocycles. The van der Waals surface area contributed by atoms with E-state index in [-0.39, 0.29) is 17.4 Å². The third kappa shape index (κ3) is 3.01. The zero-order chi connectivity index (χ0) is 13.8. The molecule has 0 fully saturated rings. The first-order valence-electron chi connectivity index (χ1n) is 5.85. The number of primary amides is 1. The molecule has 4 N–H and O–H groups in total. The molecule has 1 aromatic carbocycles. The monoisotopic (exact) mass is 257 g/mol. The summed E-state index contributed by atoms with van der Waals surface area (Å²) in [5.41, 5.74) is 12.3. The summed E-state index contributed by atoms with van der Waals surface area (Å²) in [4.78, 5) is 15.2. The van der Waals surface area contributed by atoms with E-state index in [1.54, 1.807) is 0 Å². The maximum atomic E-state index is 11.2. The molecule has 1 heterocycles. The van der Waals surface area contributed by atoms with Gasteiger partial charge >= 0.3 is 0 Å². The second-order valence-electron chi connectivity index (χ2n) is 4.14. The van der Waals surface area contributed by atoms with Crippen LogP contribution in [0.4, 0.5) is 5.69 Å². The van der Waals surface area contributed by atoms with Gasteiger partial charge in [0, 0.05) is 6.07 Å². The number of hydrogen-bond donors (Lipinski definition) is 2. The molecule has 0 aliphatic heterocycles. The van der Waals surface area contributed by atoms with Gasteiger partial charge in [-0.15, -0.1) is 0 Å². The highest BCUT2D eigenvalue weighted by Gasteiger charge is 2.12. The van der Waals surface area contributed by atoms with Gasteiger partial charge in [-0.3, -0.25) is 4.79 Å². The summed E-state index contributed by atoms with van der Waals surface area (Å²) in [6.45, 7) is 1.90. The lowest BCUT2D eigenvalue weighted by molar-refractivity contribution is 0.1000. The highest BCUT2D eigenvalue weighted by Crippen LogP contribution is 2.22. The lowest BCUT2D eigenvalue weighted by atomic mass is 10.1. The predicted octanol–water partition coefficient (Wildman–Crippen LogP) is 1.90. The molecule has 1 unspecified atom stereocenters. The maximum Gasteiger partial charge on any atom is 0.251 e. The third-order valence-electron chi connectivity index (χ3n) is 2.74. The molecule has 0 spiro atoms. The smallest absolute Gasteiger partial charge is 0.251 e. The Balaban J connectivity index is 2.20. The fraction of sp³-hybridized carbons (Fsp3) is 0.143. The van der Waals surface area contributed by atoms with Gasteiger partial charge < -0.3 is 16.2 Å². The van der Waals surface area contributed by atoms with Crippen molar-refractivity contribution in [1.29, 1.82) is 0 Å². The highest BCUT2D eigenvalue weighted by atomic mass is 16.5. The molecular weight excluding hydrogens is 242 g/mol. The summed E-state index contributed by atoms with van der Waals surface area (Å²) in [5, 5.41) is 0. The number of nitrogen functional groups attached to an aromatic ring is 1. The number of nitrogens with two attached hydrogens (primary N) is 2. The Morgan fingerprint density at radius 3 is 2.63 bits per heavy atom. The minimum absolute atomic E-state index is 0.182. The number of rotatable bonds is 4. The molecule has 0 radical (unpaired) electrons. The Labute approximate surface area is 111 Å². The van der Waals surface area contributed by atoms with Crippen LogP contribution < -0.4 is 16.2 Å². The van der Waals surface area contributed by atoms with E-state index in [1.807, 2.05) is 37.3 Å². The molecule has 0 aliphatic carbocycles. The van der Waals surface area contributed by atoms with Gasteiger partial charge in [0.05, 0.1) is 17.4 Å². The fourth-order valence-corrected chi connectivity index (χ4v) is 1.70. The standard InChI is InChI=1S/C14H15N3O2/c1-9(10-5-3-2-4-6-10)19-13-7-11(14(16)18)12(15)8-17-13/h2-9H,15H2,1H3,(H2,16,18). The Kier molecular flexibility index (Phi) is 3.66. The third-order valence-corrected chi connectivity index (χ3v) is 2.74. The Bertz CT molecular complexity index is 584. The van der Waals surface area contributed by atoms with Crippen LogP contribution in [0.15, 0.2) is 42.6 Å². The Morgan fingerprint density at radius 1 is 1.32 bits per heavy atom. The van der Waals surface area contributed by atoms with Gasteiger partial charge in [0.25, 0.3) is 5.91 Å². The van der Waals surface area contributed by atoms with Crippen LogP contribution in [0.25, 0.3) is 0 Å². The largest absolute Gasteiger partial charge is 0.470 e. The van der Waals surface area contributed by atoms with Crippen molar-refractivity contribution < 1.29 is 9.53 Å². The molecule has 1 atom stereocenters. The second-order valence-corrected chi connectivity index (χ2v) is 4.14. The molecule has 1 aromatic heterocycles. The van der Waals surface area contributed by atoms with E-state index in [0.717, 1.165) is 5.56 Å². The summed E-state index contributed by atoms with van der Waals surface area (Å²) in [7, 11) is 0. The van der Waals surface area contributed by atoms with Crippen molar-refractivity contribution in [3.05, 3.63) is 53.7 Å². The number of hydrogen-bond acceptors (Lipinski definition) is 4. The molecule has 2 aromatic rings. The number of carbonyl (C=O) groups excluding carboxylic acids is 1. The van der Waals surface area contributed by atoms with Gasteiger partial charge in [0.15, 0.2) is 0 Å². The predicted molar refractivity (Wildman–Crippen MR) is 72.7 cm³/mol. The summed E-state index contributed by atoms with van der Waals surface area (Å²) >= 11 is 0. The zero-order valence-electron chi connectivity index (χ0n) is 10.5. The van der Waals surface area contributed by atoms with Crippen LogP contribution in [0.1, 0.15) is 28.9 Å². The molecule has 98 valence electrons. The molecule has 0 bridgehead atoms. The summed E-state index contributed by atoms with van der Waals surface area (Å²) in [5.74, 6) is -0.281. The Hall–Kier alpha value is -2.56. The van der Waals surface area contributed by atoms with Gasteiger partial charge in [-0.1, -0.05) is 30.3 Å². The van der Waals surface area contributed by atoms with Gasteiger partial charge in [-0.05, 0) is 12.5 Å². The van der Waals surface area contributed by atoms with Crippen molar-refractivity contribution in [2.24, 2.45) is 5.73 Å². The van der Waals surface area contributed by atoms with Gasteiger partial charge in [-0.2, -0.15) is 0 Å². The number of ether oxygens (including phenoxy) is 1. The molecule has 1 amide bonds. The molecule has 0 aliphatic rings. The Morgan fingerprint density at radius 2 is 2.00 bits per heavy atom. The van der Waals surface area contributed by atoms with E-state index in [2.05, 4.69) is 4.98 Å². The van der Waals surface area contributed by atoms with Crippen LogP contribution in [-0.2, 0) is 0 Å². The van der Waals surface area contributed by atoms with Gasteiger partial charge in [-0.25, -0.2) is 4.98 Å². The number of amides is 1. The minimum Gasteiger partial charge on any atom is -0.470 e. The van der Waals surface area contributed by atoms with Crippen molar-refractivity contribution in [3.8, 4) is 5.88 Å². The van der Waals surface area contributed by atoms with Crippen molar-refractivity contribution in [1.82, 2.24) is 4.98 Å². The number of nitrogens with zero attached hydrogens (tertiary/aromatic N) is 1. The first-order valence-corrected chi connectivity index (χ1v) is 5.85. The van der Waals surface area contributed by atoms with Crippen molar-refractivity contribution in [2.45, 2.75) is 13.0 Å². The molecular formula is C14H15N3O2. The van der Waals surface area contributed by atoms with Gasteiger partial charge in [0.2, 0.25) is 5.88 Å². The van der Waals surface area contributed by atoms with Crippen LogP contribution >= 0.6 is 0 Å². The van der Waals surface area contributed by atoms with Crippen LogP contribution in [0.2, 0.25) is 0 Å². The highest BCUT2D eigenvalue weighted by molar-refractivity contribution is 5.98. The molecule has 5 heteroatoms. The van der Waals surface area contributed by atoms with Gasteiger partial charge in [0.1, 0.15) is 6.10 Å². The summed E-state index contributed by atoms with van der Waals surface area (Å²) in [6.07, 6.45) is 1.19. The SMILES string of the molecule is CC(Oc1cc(C(N)=O)c(N)cn1)c1ccccc1. The van der Waals surface area contributed by atoms with Crippen LogP contribution in [-0.4, -0.2) is 10.9 Å². The first kappa shape index (κ1) is 12.9. The number of pyridine rings is 1. The van der Waals surface area contributed by atoms with E-state index in [1.165, 1.54) is 12.3 Å². The number of carbonyl (C=O) groups is 1.